The lowest BCUT2D eigenvalue weighted by molar-refractivity contribution is 0.0761. The van der Waals surface area contributed by atoms with E-state index in [2.05, 4.69) is 36.1 Å². The molecule has 0 radical (unpaired) electrons. The Morgan fingerprint density at radius 3 is 2.41 bits per heavy atom. The first kappa shape index (κ1) is 29.6. The number of carbonyl (C=O) groups is 1. The van der Waals surface area contributed by atoms with Gasteiger partial charge in [-0.25, -0.2) is 0 Å². The van der Waals surface area contributed by atoms with Crippen LogP contribution in [0.4, 0.5) is 0 Å². The fourth-order valence-corrected chi connectivity index (χ4v) is 2.90. The molecule has 6 heteroatoms. The topological polar surface area (TPSA) is 57.6 Å². The van der Waals surface area contributed by atoms with Crippen molar-refractivity contribution in [3.63, 3.8) is 0 Å². The summed E-state index contributed by atoms with van der Waals surface area (Å²) in [7, 11) is 1.71. The van der Waals surface area contributed by atoms with Crippen molar-refractivity contribution in [1.29, 1.82) is 0 Å². The van der Waals surface area contributed by atoms with Crippen LogP contribution in [-0.2, 0) is 6.54 Å². The van der Waals surface area contributed by atoms with Crippen LogP contribution in [0, 0.1) is 6.92 Å². The summed E-state index contributed by atoms with van der Waals surface area (Å²) in [6.07, 6.45) is 9.76. The van der Waals surface area contributed by atoms with Crippen LogP contribution in [0.25, 0.3) is 0 Å². The van der Waals surface area contributed by atoms with E-state index < -0.39 is 0 Å². The van der Waals surface area contributed by atoms with E-state index in [1.54, 1.807) is 31.8 Å². The molecule has 178 valence electrons. The summed E-state index contributed by atoms with van der Waals surface area (Å²) in [5.41, 5.74) is 2.87. The largest absolute Gasteiger partial charge is 0.372 e. The number of pyridine rings is 1. The number of nitrogens with zero attached hydrogens (tertiary/aromatic N) is 3. The van der Waals surface area contributed by atoms with E-state index in [0.29, 0.717) is 6.54 Å². The van der Waals surface area contributed by atoms with Gasteiger partial charge in [-0.3, -0.25) is 14.8 Å². The molecule has 0 saturated heterocycles. The average molecular weight is 461 g/mol. The lowest BCUT2D eigenvalue weighted by Gasteiger charge is -2.21. The van der Waals surface area contributed by atoms with Gasteiger partial charge < -0.3 is 10.2 Å². The van der Waals surface area contributed by atoms with Gasteiger partial charge in [-0.15, -0.1) is 0 Å². The van der Waals surface area contributed by atoms with Crippen molar-refractivity contribution in [1.82, 2.24) is 15.2 Å². The quantitative estimate of drug-likeness (QED) is 0.262. The summed E-state index contributed by atoms with van der Waals surface area (Å²) in [5, 5.41) is 3.70. The molecule has 0 fully saturated rings. The second kappa shape index (κ2) is 19.3. The molecule has 0 bridgehead atoms. The van der Waals surface area contributed by atoms with Gasteiger partial charge in [0.2, 0.25) is 0 Å². The first-order valence-electron chi connectivity index (χ1n) is 11.5. The Morgan fingerprint density at radius 1 is 1.16 bits per heavy atom. The summed E-state index contributed by atoms with van der Waals surface area (Å²) in [6, 6.07) is 9.58. The lowest BCUT2D eigenvalue weighted by Crippen LogP contribution is -2.32. The maximum atomic E-state index is 12.3. The van der Waals surface area contributed by atoms with Gasteiger partial charge in [-0.05, 0) is 38.0 Å². The molecule has 1 aromatic heterocycles. The first-order chi connectivity index (χ1) is 15.5. The highest BCUT2D eigenvalue weighted by Crippen LogP contribution is 2.12. The van der Waals surface area contributed by atoms with Crippen molar-refractivity contribution in [3.05, 3.63) is 64.4 Å². The number of benzene rings is 1. The number of aliphatic imine (C=N–C) groups is 1. The van der Waals surface area contributed by atoms with Crippen LogP contribution in [0.15, 0.2) is 47.7 Å². The molecule has 1 heterocycles. The number of nitrogens with one attached hydrogen (secondary N) is 1. The predicted molar refractivity (Wildman–Crippen MR) is 139 cm³/mol. The number of rotatable bonds is 9. The first-order valence-corrected chi connectivity index (χ1v) is 11.9. The molecule has 2 aromatic rings. The zero-order chi connectivity index (χ0) is 24.2. The van der Waals surface area contributed by atoms with Gasteiger partial charge >= 0.3 is 0 Å². The maximum Gasteiger partial charge on any atom is 0.254 e. The summed E-state index contributed by atoms with van der Waals surface area (Å²) in [6.45, 7) is 12.8. The Kier molecular flexibility index (Phi) is 17.9. The summed E-state index contributed by atoms with van der Waals surface area (Å²) < 4.78 is 0. The van der Waals surface area contributed by atoms with Crippen LogP contribution in [0.1, 0.15) is 74.9 Å². The van der Waals surface area contributed by atoms with E-state index in [0.717, 1.165) is 41.2 Å². The molecule has 5 nitrogen and oxygen atoms in total. The van der Waals surface area contributed by atoms with Crippen molar-refractivity contribution in [2.24, 2.45) is 4.99 Å². The van der Waals surface area contributed by atoms with Crippen LogP contribution in [-0.4, -0.2) is 42.3 Å². The van der Waals surface area contributed by atoms with Gasteiger partial charge in [0.05, 0.1) is 6.34 Å². The molecule has 0 unspecified atom stereocenters. The number of halogens is 1. The van der Waals surface area contributed by atoms with Crippen LogP contribution in [0.2, 0.25) is 5.02 Å². The maximum absolute atomic E-state index is 12.3. The number of hydrogen-bond donors (Lipinski definition) is 1. The molecule has 1 N–H and O–H groups in total. The van der Waals surface area contributed by atoms with Crippen LogP contribution < -0.4 is 5.32 Å². The summed E-state index contributed by atoms with van der Waals surface area (Å²) >= 11 is 5.88. The summed E-state index contributed by atoms with van der Waals surface area (Å²) in [4.78, 5) is 22.0. The minimum atomic E-state index is 0.168. The highest BCUT2D eigenvalue weighted by Gasteiger charge is 2.14. The molecule has 0 aliphatic rings. The van der Waals surface area contributed by atoms with Gasteiger partial charge in [-0.1, -0.05) is 69.8 Å². The van der Waals surface area contributed by atoms with Crippen LogP contribution >= 0.6 is 11.6 Å². The minimum Gasteiger partial charge on any atom is -0.372 e. The Morgan fingerprint density at radius 2 is 1.84 bits per heavy atom. The third kappa shape index (κ3) is 12.5. The third-order valence-corrected chi connectivity index (χ3v) is 4.80. The molecule has 1 aromatic carbocycles. The van der Waals surface area contributed by atoms with E-state index in [1.807, 2.05) is 43.0 Å². The van der Waals surface area contributed by atoms with Crippen molar-refractivity contribution >= 4 is 23.8 Å². The van der Waals surface area contributed by atoms with E-state index in [-0.39, 0.29) is 5.91 Å². The molecule has 0 saturated carbocycles. The number of hydrogen-bond acceptors (Lipinski definition) is 3. The lowest BCUT2D eigenvalue weighted by atomic mass is 10.1. The van der Waals surface area contributed by atoms with Crippen molar-refractivity contribution in [3.8, 4) is 0 Å². The van der Waals surface area contributed by atoms with Crippen molar-refractivity contribution in [2.45, 2.75) is 66.8 Å². The van der Waals surface area contributed by atoms with Crippen LogP contribution in [0.5, 0.6) is 0 Å². The fourth-order valence-electron chi connectivity index (χ4n) is 2.73. The van der Waals surface area contributed by atoms with Gasteiger partial charge in [0.1, 0.15) is 0 Å². The smallest absolute Gasteiger partial charge is 0.254 e. The number of aromatic nitrogens is 1. The highest BCUT2D eigenvalue weighted by molar-refractivity contribution is 6.31. The van der Waals surface area contributed by atoms with E-state index in [9.17, 15) is 4.79 Å². The van der Waals surface area contributed by atoms with E-state index in [1.165, 1.54) is 19.3 Å². The second-order valence-electron chi connectivity index (χ2n) is 7.35. The van der Waals surface area contributed by atoms with Crippen molar-refractivity contribution < 1.29 is 4.79 Å². The van der Waals surface area contributed by atoms with Gasteiger partial charge in [0, 0.05) is 55.2 Å². The molecule has 0 atom stereocenters. The Hall–Kier alpha value is -2.40. The van der Waals surface area contributed by atoms with Gasteiger partial charge in [0.25, 0.3) is 5.91 Å². The van der Waals surface area contributed by atoms with E-state index in [4.69, 9.17) is 11.6 Å². The Labute approximate surface area is 200 Å². The van der Waals surface area contributed by atoms with Gasteiger partial charge in [-0.2, -0.15) is 0 Å². The number of carbonyl (C=O) groups excluding carboxylic acids is 1. The average Bonchev–Trinajstić information content (AvgIpc) is 2.79. The Balaban J connectivity index is 0.000000559. The zero-order valence-electron chi connectivity index (χ0n) is 20.7. The van der Waals surface area contributed by atoms with Crippen molar-refractivity contribution in [2.75, 3.05) is 20.1 Å². The molecule has 2 rings (SSSR count). The molecule has 1 amide bonds. The van der Waals surface area contributed by atoms with E-state index >= 15 is 0 Å². The fraction of sp³-hybridized carbons (Fsp3) is 0.500. The zero-order valence-corrected chi connectivity index (χ0v) is 21.5. The number of unbranched alkanes of at least 4 members (excludes halogenated alkanes) is 2. The number of amides is 1. The monoisotopic (exact) mass is 460 g/mol. The molecular weight excluding hydrogens is 420 g/mol. The third-order valence-electron chi connectivity index (χ3n) is 4.43. The van der Waals surface area contributed by atoms with Gasteiger partial charge in [0.15, 0.2) is 0 Å². The SMILES string of the molecule is CCC.CCCCCN(CC)C(=O)c1ccccc1C.CN=CNCc1cnccc1Cl. The molecule has 0 aliphatic heterocycles. The molecule has 0 aliphatic carbocycles. The number of aryl methyl sites for hydroxylation is 1. The standard InChI is InChI=1S/C15H23NO.C8H10ClN3.C3H8/c1-4-6-9-12-16(5-2)15(17)14-11-8-7-10-13(14)3;1-10-6-12-5-7-4-11-3-2-8(7)9;1-3-2/h7-8,10-11H,4-6,9,12H2,1-3H3;2-4,6H,5H2,1H3,(H,10,12);3H2,1-2H3. The highest BCUT2D eigenvalue weighted by atomic mass is 35.5. The minimum absolute atomic E-state index is 0.168. The van der Waals surface area contributed by atoms with Crippen LogP contribution in [0.3, 0.4) is 0 Å². The predicted octanol–water partition coefficient (Wildman–Crippen LogP) is 6.55. The molecule has 0 spiro atoms. The normalized spacial score (nSPS) is 9.97. The molecular formula is C26H41ClN4O. The second-order valence-corrected chi connectivity index (χ2v) is 7.76. The Bertz CT molecular complexity index is 780. The summed E-state index contributed by atoms with van der Waals surface area (Å²) in [5.74, 6) is 0.168. The molecule has 32 heavy (non-hydrogen) atoms.